The zero-order valence-electron chi connectivity index (χ0n) is 12.8. The van der Waals surface area contributed by atoms with E-state index in [0.717, 1.165) is 28.6 Å². The van der Waals surface area contributed by atoms with Crippen LogP contribution in [0.4, 0.5) is 8.78 Å². The predicted octanol–water partition coefficient (Wildman–Crippen LogP) is 3.04. The van der Waals surface area contributed by atoms with E-state index in [4.69, 9.17) is 0 Å². The number of nitrogens with one attached hydrogen (secondary N) is 2. The predicted molar refractivity (Wildman–Crippen MR) is 86.8 cm³/mol. The van der Waals surface area contributed by atoms with E-state index < -0.39 is 17.5 Å². The second-order valence-corrected chi connectivity index (χ2v) is 5.53. The molecular formula is C18H14F2N2O2. The Hall–Kier alpha value is -3.02. The van der Waals surface area contributed by atoms with E-state index >= 15 is 0 Å². The summed E-state index contributed by atoms with van der Waals surface area (Å²) in [7, 11) is 0. The number of aryl methyl sites for hydroxylation is 1. The highest BCUT2D eigenvalue weighted by molar-refractivity contribution is 5.94. The van der Waals surface area contributed by atoms with E-state index in [1.54, 1.807) is 6.07 Å². The lowest BCUT2D eigenvalue weighted by molar-refractivity contribution is 0.0950. The highest BCUT2D eigenvalue weighted by atomic mass is 19.2. The molecule has 0 aliphatic carbocycles. The Labute approximate surface area is 136 Å². The van der Waals surface area contributed by atoms with Gasteiger partial charge in [0.2, 0.25) is 0 Å². The van der Waals surface area contributed by atoms with Crippen molar-refractivity contribution in [3.63, 3.8) is 0 Å². The first kappa shape index (κ1) is 15.9. The van der Waals surface area contributed by atoms with Gasteiger partial charge in [0.05, 0.1) is 0 Å². The number of carbonyl (C=O) groups excluding carboxylic acids is 1. The van der Waals surface area contributed by atoms with Gasteiger partial charge in [-0.15, -0.1) is 0 Å². The third kappa shape index (κ3) is 3.17. The maximum atomic E-state index is 13.2. The summed E-state index contributed by atoms with van der Waals surface area (Å²) < 4.78 is 26.1. The summed E-state index contributed by atoms with van der Waals surface area (Å²) in [5.74, 6) is -2.70. The van der Waals surface area contributed by atoms with Crippen LogP contribution in [0.2, 0.25) is 0 Å². The number of rotatable bonds is 3. The Morgan fingerprint density at radius 2 is 1.88 bits per heavy atom. The van der Waals surface area contributed by atoms with E-state index in [2.05, 4.69) is 10.3 Å². The molecular weight excluding hydrogens is 314 g/mol. The van der Waals surface area contributed by atoms with Gasteiger partial charge in [-0.05, 0) is 48.2 Å². The third-order valence-electron chi connectivity index (χ3n) is 3.70. The Morgan fingerprint density at radius 3 is 2.62 bits per heavy atom. The third-order valence-corrected chi connectivity index (χ3v) is 3.70. The lowest BCUT2D eigenvalue weighted by Crippen LogP contribution is -2.26. The number of benzene rings is 2. The number of aromatic amines is 1. The van der Waals surface area contributed by atoms with Crippen molar-refractivity contribution in [1.82, 2.24) is 10.3 Å². The first-order valence-electron chi connectivity index (χ1n) is 7.30. The summed E-state index contributed by atoms with van der Waals surface area (Å²) in [4.78, 5) is 26.8. The summed E-state index contributed by atoms with van der Waals surface area (Å²) in [5, 5.41) is 3.38. The number of hydrogen-bond donors (Lipinski definition) is 2. The van der Waals surface area contributed by atoms with Crippen LogP contribution in [0, 0.1) is 18.6 Å². The van der Waals surface area contributed by atoms with Gasteiger partial charge in [-0.1, -0.05) is 12.1 Å². The molecule has 0 aliphatic rings. The van der Waals surface area contributed by atoms with Gasteiger partial charge in [-0.2, -0.15) is 0 Å². The van der Waals surface area contributed by atoms with Crippen molar-refractivity contribution in [3.8, 4) is 0 Å². The maximum Gasteiger partial charge on any atom is 0.253 e. The van der Waals surface area contributed by atoms with Crippen LogP contribution >= 0.6 is 0 Å². The van der Waals surface area contributed by atoms with Crippen LogP contribution in [0.1, 0.15) is 21.5 Å². The number of hydrogen-bond acceptors (Lipinski definition) is 2. The Bertz CT molecular complexity index is 996. The van der Waals surface area contributed by atoms with Crippen molar-refractivity contribution in [2.75, 3.05) is 0 Å². The van der Waals surface area contributed by atoms with E-state index in [1.165, 1.54) is 6.07 Å². The van der Waals surface area contributed by atoms with Gasteiger partial charge in [0, 0.05) is 23.2 Å². The molecule has 0 saturated carbocycles. The number of H-pyrrole nitrogens is 1. The highest BCUT2D eigenvalue weighted by Crippen LogP contribution is 2.13. The molecule has 0 saturated heterocycles. The molecule has 4 nitrogen and oxygen atoms in total. The Kier molecular flexibility index (Phi) is 4.12. The highest BCUT2D eigenvalue weighted by Gasteiger charge is 2.11. The van der Waals surface area contributed by atoms with Crippen molar-refractivity contribution in [1.29, 1.82) is 0 Å². The second kappa shape index (κ2) is 6.23. The summed E-state index contributed by atoms with van der Waals surface area (Å²) in [6, 6.07) is 10.2. The van der Waals surface area contributed by atoms with E-state index in [1.807, 2.05) is 25.1 Å². The van der Waals surface area contributed by atoms with Crippen LogP contribution < -0.4 is 10.9 Å². The summed E-state index contributed by atoms with van der Waals surface area (Å²) >= 11 is 0. The molecule has 0 unspecified atom stereocenters. The first-order chi connectivity index (χ1) is 11.4. The average Bonchev–Trinajstić information content (AvgIpc) is 2.55. The number of aromatic nitrogens is 1. The van der Waals surface area contributed by atoms with Gasteiger partial charge >= 0.3 is 0 Å². The maximum absolute atomic E-state index is 13.2. The van der Waals surface area contributed by atoms with Crippen LogP contribution in [0.15, 0.2) is 47.3 Å². The quantitative estimate of drug-likeness (QED) is 0.776. The van der Waals surface area contributed by atoms with Crippen LogP contribution in [-0.4, -0.2) is 10.9 Å². The molecule has 1 heterocycles. The molecule has 0 fully saturated rings. The number of pyridine rings is 1. The van der Waals surface area contributed by atoms with Crippen molar-refractivity contribution < 1.29 is 13.6 Å². The molecule has 0 aliphatic heterocycles. The lowest BCUT2D eigenvalue weighted by atomic mass is 10.1. The summed E-state index contributed by atoms with van der Waals surface area (Å²) in [6.45, 7) is 1.91. The van der Waals surface area contributed by atoms with E-state index in [9.17, 15) is 18.4 Å². The first-order valence-corrected chi connectivity index (χ1v) is 7.30. The van der Waals surface area contributed by atoms with Crippen LogP contribution in [0.25, 0.3) is 10.9 Å². The summed E-state index contributed by atoms with van der Waals surface area (Å²) in [6.07, 6.45) is 0. The number of carbonyl (C=O) groups is 1. The largest absolute Gasteiger partial charge is 0.348 e. The minimum absolute atomic E-state index is 0.0123. The van der Waals surface area contributed by atoms with Gasteiger partial charge in [0.25, 0.3) is 11.5 Å². The molecule has 0 bridgehead atoms. The van der Waals surface area contributed by atoms with Gasteiger partial charge in [-0.25, -0.2) is 8.78 Å². The fourth-order valence-corrected chi connectivity index (χ4v) is 2.41. The monoisotopic (exact) mass is 328 g/mol. The summed E-state index contributed by atoms with van der Waals surface area (Å²) in [5.41, 5.74) is 1.80. The van der Waals surface area contributed by atoms with Crippen molar-refractivity contribution in [2.45, 2.75) is 13.5 Å². The van der Waals surface area contributed by atoms with Gasteiger partial charge in [-0.3, -0.25) is 9.59 Å². The van der Waals surface area contributed by atoms with Gasteiger partial charge in [0.1, 0.15) is 0 Å². The standard InChI is InChI=1S/C18H14F2N2O2/c1-10-2-3-11-7-13(18(24)22-16(11)6-10)9-21-17(23)12-4-5-14(19)15(20)8-12/h2-8H,9H2,1H3,(H,21,23)(H,22,24). The van der Waals surface area contributed by atoms with Crippen LogP contribution in [-0.2, 0) is 6.54 Å². The molecule has 1 amide bonds. The molecule has 2 N–H and O–H groups in total. The fraction of sp³-hybridized carbons (Fsp3) is 0.111. The zero-order valence-corrected chi connectivity index (χ0v) is 12.8. The van der Waals surface area contributed by atoms with Gasteiger partial charge < -0.3 is 10.3 Å². The molecule has 3 aromatic rings. The molecule has 2 aromatic carbocycles. The SMILES string of the molecule is Cc1ccc2cc(CNC(=O)c3ccc(F)c(F)c3)c(=O)[nH]c2c1. The van der Waals surface area contributed by atoms with Crippen LogP contribution in [0.3, 0.4) is 0 Å². The fourth-order valence-electron chi connectivity index (χ4n) is 2.41. The Morgan fingerprint density at radius 1 is 1.08 bits per heavy atom. The van der Waals surface area contributed by atoms with Gasteiger partial charge in [0.15, 0.2) is 11.6 Å². The molecule has 1 aromatic heterocycles. The topological polar surface area (TPSA) is 62.0 Å². The van der Waals surface area contributed by atoms with Crippen molar-refractivity contribution in [2.24, 2.45) is 0 Å². The number of fused-ring (bicyclic) bond motifs is 1. The number of halogens is 2. The molecule has 122 valence electrons. The average molecular weight is 328 g/mol. The van der Waals surface area contributed by atoms with E-state index in [0.29, 0.717) is 5.56 Å². The number of amides is 1. The molecule has 6 heteroatoms. The normalized spacial score (nSPS) is 10.8. The molecule has 0 atom stereocenters. The van der Waals surface area contributed by atoms with Crippen molar-refractivity contribution >= 4 is 16.8 Å². The Balaban J connectivity index is 1.81. The smallest absolute Gasteiger partial charge is 0.253 e. The van der Waals surface area contributed by atoms with E-state index in [-0.39, 0.29) is 17.7 Å². The van der Waals surface area contributed by atoms with Crippen molar-refractivity contribution in [3.05, 3.63) is 81.1 Å². The molecule has 24 heavy (non-hydrogen) atoms. The minimum Gasteiger partial charge on any atom is -0.348 e. The molecule has 0 spiro atoms. The van der Waals surface area contributed by atoms with Crippen LogP contribution in [0.5, 0.6) is 0 Å². The zero-order chi connectivity index (χ0) is 17.3. The molecule has 3 rings (SSSR count). The molecule has 0 radical (unpaired) electrons. The second-order valence-electron chi connectivity index (χ2n) is 5.53. The minimum atomic E-state index is -1.10. The lowest BCUT2D eigenvalue weighted by Gasteiger charge is -2.07.